The fraction of sp³-hybridized carbons (Fsp3) is 0.462. The third kappa shape index (κ3) is 3.52. The Hall–Kier alpha value is -2.09. The average Bonchev–Trinajstić information content (AvgIpc) is 2.84. The second-order valence-electron chi connectivity index (χ2n) is 5.08. The molecule has 1 aromatic carbocycles. The van der Waals surface area contributed by atoms with Crippen molar-refractivity contribution in [1.82, 2.24) is 5.32 Å². The average molecular weight is 300 g/mol. The molecule has 1 aromatic rings. The van der Waals surface area contributed by atoms with E-state index in [2.05, 4.69) is 5.32 Å². The predicted molar refractivity (Wildman–Crippen MR) is 68.7 cm³/mol. The smallest absolute Gasteiger partial charge is 0.285 e. The van der Waals surface area contributed by atoms with Crippen molar-refractivity contribution in [2.45, 2.75) is 25.4 Å². The van der Waals surface area contributed by atoms with Crippen LogP contribution >= 0.6 is 0 Å². The molecule has 0 aliphatic heterocycles. The number of carbonyl (C=O) groups excluding carboxylic acids is 1. The Kier molecular flexibility index (Phi) is 4.46. The summed E-state index contributed by atoms with van der Waals surface area (Å²) in [6.07, 6.45) is 1.53. The Balaban J connectivity index is 2.11. The van der Waals surface area contributed by atoms with Crippen LogP contribution in [0.15, 0.2) is 12.1 Å². The number of benzene rings is 1. The highest BCUT2D eigenvalue weighted by molar-refractivity contribution is 5.98. The summed E-state index contributed by atoms with van der Waals surface area (Å²) in [6, 6.07) is 0.913. The van der Waals surface area contributed by atoms with Crippen LogP contribution in [0.25, 0.3) is 0 Å². The molecule has 1 saturated carbocycles. The maximum Gasteiger partial charge on any atom is 0.285 e. The van der Waals surface area contributed by atoms with Crippen molar-refractivity contribution in [3.8, 4) is 0 Å². The number of halogens is 2. The van der Waals surface area contributed by atoms with Gasteiger partial charge in [-0.25, -0.2) is 8.78 Å². The summed E-state index contributed by atoms with van der Waals surface area (Å²) in [7, 11) is 0. The molecular formula is C13H14F2N2O4. The molecular weight excluding hydrogens is 286 g/mol. The van der Waals surface area contributed by atoms with Gasteiger partial charge in [-0.05, 0) is 31.2 Å². The number of nitro groups is 1. The fourth-order valence-electron chi connectivity index (χ4n) is 2.44. The molecule has 8 heteroatoms. The van der Waals surface area contributed by atoms with Gasteiger partial charge in [-0.3, -0.25) is 14.9 Å². The van der Waals surface area contributed by atoms with Gasteiger partial charge >= 0.3 is 0 Å². The van der Waals surface area contributed by atoms with E-state index in [4.69, 9.17) is 0 Å². The molecule has 21 heavy (non-hydrogen) atoms. The minimum atomic E-state index is -1.38. The molecule has 0 spiro atoms. The van der Waals surface area contributed by atoms with E-state index in [0.717, 1.165) is 6.42 Å². The van der Waals surface area contributed by atoms with E-state index in [9.17, 15) is 28.8 Å². The first-order valence-electron chi connectivity index (χ1n) is 6.48. The largest absolute Gasteiger partial charge is 0.393 e. The standard InChI is InChI=1S/C13H14F2N2O4/c14-10-4-9(12(17(20)21)5-11(10)15)13(19)16-6-7-1-2-8(18)3-7/h4-5,7-8,18H,1-3,6H2,(H,16,19). The highest BCUT2D eigenvalue weighted by Crippen LogP contribution is 2.25. The first kappa shape index (κ1) is 15.3. The van der Waals surface area contributed by atoms with Crippen molar-refractivity contribution in [3.05, 3.63) is 39.4 Å². The Morgan fingerprint density at radius 3 is 2.62 bits per heavy atom. The van der Waals surface area contributed by atoms with Crippen molar-refractivity contribution in [2.24, 2.45) is 5.92 Å². The van der Waals surface area contributed by atoms with Crippen LogP contribution in [0.3, 0.4) is 0 Å². The second kappa shape index (κ2) is 6.13. The lowest BCUT2D eigenvalue weighted by atomic mass is 10.1. The van der Waals surface area contributed by atoms with Crippen LogP contribution in [0.4, 0.5) is 14.5 Å². The number of nitrogens with zero attached hydrogens (tertiary/aromatic N) is 1. The Bertz CT molecular complexity index is 580. The van der Waals surface area contributed by atoms with Gasteiger partial charge in [-0.1, -0.05) is 0 Å². The summed E-state index contributed by atoms with van der Waals surface area (Å²) in [6.45, 7) is 0.228. The normalized spacial score (nSPS) is 21.3. The molecule has 0 aromatic heterocycles. The summed E-state index contributed by atoms with van der Waals surface area (Å²) in [5.41, 5.74) is -1.30. The van der Waals surface area contributed by atoms with Crippen molar-refractivity contribution in [2.75, 3.05) is 6.54 Å². The molecule has 2 rings (SSSR count). The summed E-state index contributed by atoms with van der Waals surface area (Å²) >= 11 is 0. The number of hydrogen-bond acceptors (Lipinski definition) is 4. The zero-order chi connectivity index (χ0) is 15.6. The van der Waals surface area contributed by atoms with Gasteiger partial charge in [0.05, 0.1) is 17.1 Å². The van der Waals surface area contributed by atoms with Crippen molar-refractivity contribution in [3.63, 3.8) is 0 Å². The molecule has 2 unspecified atom stereocenters. The van der Waals surface area contributed by atoms with Crippen molar-refractivity contribution < 1.29 is 23.6 Å². The van der Waals surface area contributed by atoms with Crippen molar-refractivity contribution in [1.29, 1.82) is 0 Å². The van der Waals surface area contributed by atoms with E-state index in [1.165, 1.54) is 0 Å². The Labute approximate surface area is 118 Å². The molecule has 0 bridgehead atoms. The van der Waals surface area contributed by atoms with Crippen LogP contribution in [0.1, 0.15) is 29.6 Å². The van der Waals surface area contributed by atoms with E-state index >= 15 is 0 Å². The lowest BCUT2D eigenvalue weighted by Crippen LogP contribution is -2.29. The van der Waals surface area contributed by atoms with Gasteiger partial charge in [0.1, 0.15) is 5.56 Å². The second-order valence-corrected chi connectivity index (χ2v) is 5.08. The molecule has 1 amide bonds. The van der Waals surface area contributed by atoms with Gasteiger partial charge < -0.3 is 10.4 Å². The van der Waals surface area contributed by atoms with Gasteiger partial charge in [0.15, 0.2) is 11.6 Å². The van der Waals surface area contributed by atoms with Crippen LogP contribution in [-0.2, 0) is 0 Å². The third-order valence-electron chi connectivity index (χ3n) is 3.54. The highest BCUT2D eigenvalue weighted by atomic mass is 19.2. The number of rotatable bonds is 4. The van der Waals surface area contributed by atoms with Crippen LogP contribution in [0, 0.1) is 27.7 Å². The molecule has 2 N–H and O–H groups in total. The van der Waals surface area contributed by atoms with Gasteiger partial charge in [0.25, 0.3) is 11.6 Å². The van der Waals surface area contributed by atoms with E-state index < -0.39 is 39.8 Å². The summed E-state index contributed by atoms with van der Waals surface area (Å²) in [5.74, 6) is -3.45. The minimum absolute atomic E-state index is 0.0771. The van der Waals surface area contributed by atoms with Gasteiger partial charge in [-0.2, -0.15) is 0 Å². The maximum absolute atomic E-state index is 13.2. The monoisotopic (exact) mass is 300 g/mol. The van der Waals surface area contributed by atoms with Crippen molar-refractivity contribution >= 4 is 11.6 Å². The number of carbonyl (C=O) groups is 1. The third-order valence-corrected chi connectivity index (χ3v) is 3.54. The molecule has 6 nitrogen and oxygen atoms in total. The van der Waals surface area contributed by atoms with Gasteiger partial charge in [-0.15, -0.1) is 0 Å². The number of amides is 1. The lowest BCUT2D eigenvalue weighted by molar-refractivity contribution is -0.385. The molecule has 2 atom stereocenters. The number of hydrogen-bond donors (Lipinski definition) is 2. The highest BCUT2D eigenvalue weighted by Gasteiger charge is 2.26. The summed E-state index contributed by atoms with van der Waals surface area (Å²) in [5, 5.41) is 22.6. The van der Waals surface area contributed by atoms with Gasteiger partial charge in [0.2, 0.25) is 0 Å². The number of nitro benzene ring substituents is 1. The van der Waals surface area contributed by atoms with Gasteiger partial charge in [0, 0.05) is 6.54 Å². The summed E-state index contributed by atoms with van der Waals surface area (Å²) in [4.78, 5) is 21.8. The Morgan fingerprint density at radius 2 is 2.05 bits per heavy atom. The lowest BCUT2D eigenvalue weighted by Gasteiger charge is -2.11. The topological polar surface area (TPSA) is 92.5 Å². The summed E-state index contributed by atoms with van der Waals surface area (Å²) < 4.78 is 26.2. The fourth-order valence-corrected chi connectivity index (χ4v) is 2.44. The molecule has 1 aliphatic rings. The molecule has 0 radical (unpaired) electrons. The van der Waals surface area contributed by atoms with Crippen LogP contribution in [0.5, 0.6) is 0 Å². The molecule has 0 saturated heterocycles. The first-order valence-corrected chi connectivity index (χ1v) is 6.48. The zero-order valence-corrected chi connectivity index (χ0v) is 11.0. The minimum Gasteiger partial charge on any atom is -0.393 e. The number of aliphatic hydroxyl groups is 1. The number of aliphatic hydroxyl groups excluding tert-OH is 1. The molecule has 1 aliphatic carbocycles. The molecule has 114 valence electrons. The van der Waals surface area contributed by atoms with Crippen LogP contribution in [-0.4, -0.2) is 28.6 Å². The molecule has 1 fully saturated rings. The SMILES string of the molecule is O=C(NCC1CCC(O)C1)c1cc(F)c(F)cc1[N+](=O)[O-]. The predicted octanol–water partition coefficient (Wildman–Crippen LogP) is 1.76. The van der Waals surface area contributed by atoms with E-state index in [0.29, 0.717) is 25.0 Å². The quantitative estimate of drug-likeness (QED) is 0.654. The Morgan fingerprint density at radius 1 is 1.38 bits per heavy atom. The van der Waals surface area contributed by atoms with E-state index in [-0.39, 0.29) is 12.5 Å². The van der Waals surface area contributed by atoms with Crippen LogP contribution < -0.4 is 5.32 Å². The van der Waals surface area contributed by atoms with E-state index in [1.54, 1.807) is 0 Å². The first-order chi connectivity index (χ1) is 9.88. The zero-order valence-electron chi connectivity index (χ0n) is 11.0. The molecule has 0 heterocycles. The van der Waals surface area contributed by atoms with E-state index in [1.807, 2.05) is 0 Å². The van der Waals surface area contributed by atoms with Crippen LogP contribution in [0.2, 0.25) is 0 Å². The number of nitrogens with one attached hydrogen (secondary N) is 1. The maximum atomic E-state index is 13.2.